The van der Waals surface area contributed by atoms with Crippen LogP contribution in [-0.2, 0) is 14.8 Å². The summed E-state index contributed by atoms with van der Waals surface area (Å²) in [5.41, 5.74) is 0. The Bertz CT molecular complexity index is 682. The van der Waals surface area contributed by atoms with Gasteiger partial charge in [-0.1, -0.05) is 6.07 Å². The average molecular weight is 365 g/mol. The molecule has 1 saturated carbocycles. The SMILES string of the molecule is O=S(=O)(c1cccc(OC(F)(F)F)c1)N(CC1CCOC1)C1CC1. The van der Waals surface area contributed by atoms with Crippen molar-refractivity contribution in [3.63, 3.8) is 0 Å². The molecule has 0 spiro atoms. The van der Waals surface area contributed by atoms with E-state index in [9.17, 15) is 21.6 Å². The van der Waals surface area contributed by atoms with Gasteiger partial charge >= 0.3 is 6.36 Å². The van der Waals surface area contributed by atoms with Crippen LogP contribution >= 0.6 is 0 Å². The summed E-state index contributed by atoms with van der Waals surface area (Å²) in [6, 6.07) is 4.46. The summed E-state index contributed by atoms with van der Waals surface area (Å²) >= 11 is 0. The molecule has 2 aliphatic rings. The maximum Gasteiger partial charge on any atom is 0.573 e. The minimum absolute atomic E-state index is 0.0807. The Kier molecular flexibility index (Phi) is 4.76. The normalized spacial score (nSPS) is 22.1. The van der Waals surface area contributed by atoms with Gasteiger partial charge in [0.1, 0.15) is 5.75 Å². The molecular weight excluding hydrogens is 347 g/mol. The number of halogens is 3. The van der Waals surface area contributed by atoms with Crippen LogP contribution in [0.2, 0.25) is 0 Å². The highest BCUT2D eigenvalue weighted by Gasteiger charge is 2.40. The lowest BCUT2D eigenvalue weighted by molar-refractivity contribution is -0.274. The summed E-state index contributed by atoms with van der Waals surface area (Å²) in [5.74, 6) is -0.418. The van der Waals surface area contributed by atoms with Gasteiger partial charge in [-0.05, 0) is 37.3 Å². The summed E-state index contributed by atoms with van der Waals surface area (Å²) in [4.78, 5) is -0.185. The zero-order chi connectivity index (χ0) is 17.4. The van der Waals surface area contributed by atoms with Crippen LogP contribution in [0.4, 0.5) is 13.2 Å². The highest BCUT2D eigenvalue weighted by molar-refractivity contribution is 7.89. The van der Waals surface area contributed by atoms with Crippen LogP contribution in [0, 0.1) is 5.92 Å². The molecule has 2 fully saturated rings. The Balaban J connectivity index is 1.83. The average Bonchev–Trinajstić information content (AvgIpc) is 3.19. The monoisotopic (exact) mass is 365 g/mol. The highest BCUT2D eigenvalue weighted by Crippen LogP contribution is 2.35. The van der Waals surface area contributed by atoms with Gasteiger partial charge in [0.25, 0.3) is 0 Å². The molecule has 0 N–H and O–H groups in total. The summed E-state index contributed by atoms with van der Waals surface area (Å²) < 4.78 is 73.3. The van der Waals surface area contributed by atoms with Crippen molar-refractivity contribution < 1.29 is 31.1 Å². The van der Waals surface area contributed by atoms with Crippen LogP contribution in [0.25, 0.3) is 0 Å². The van der Waals surface area contributed by atoms with E-state index in [1.165, 1.54) is 16.4 Å². The molecule has 134 valence electrons. The van der Waals surface area contributed by atoms with Crippen molar-refractivity contribution in [3.05, 3.63) is 24.3 Å². The molecule has 1 unspecified atom stereocenters. The second-order valence-electron chi connectivity index (χ2n) is 6.06. The molecular formula is C15H18F3NO4S. The Labute approximate surface area is 138 Å². The molecule has 0 aromatic heterocycles. The predicted octanol–water partition coefficient (Wildman–Crippen LogP) is 2.77. The summed E-state index contributed by atoms with van der Waals surface area (Å²) in [5, 5.41) is 0. The third-order valence-electron chi connectivity index (χ3n) is 4.06. The lowest BCUT2D eigenvalue weighted by Crippen LogP contribution is -2.37. The number of nitrogens with zero attached hydrogens (tertiary/aromatic N) is 1. The standard InChI is InChI=1S/C15H18F3NO4S/c16-15(17,18)23-13-2-1-3-14(8-13)24(20,21)19(12-4-5-12)9-11-6-7-22-10-11/h1-3,8,11-12H,4-7,9-10H2. The van der Waals surface area contributed by atoms with E-state index in [1.54, 1.807) is 0 Å². The van der Waals surface area contributed by atoms with Gasteiger partial charge in [-0.15, -0.1) is 13.2 Å². The minimum Gasteiger partial charge on any atom is -0.406 e. The third-order valence-corrected chi connectivity index (χ3v) is 5.98. The van der Waals surface area contributed by atoms with E-state index >= 15 is 0 Å². The molecule has 5 nitrogen and oxygen atoms in total. The number of ether oxygens (including phenoxy) is 2. The molecule has 0 radical (unpaired) electrons. The van der Waals surface area contributed by atoms with E-state index in [1.807, 2.05) is 0 Å². The van der Waals surface area contributed by atoms with Crippen molar-refractivity contribution in [2.45, 2.75) is 36.6 Å². The molecule has 0 amide bonds. The zero-order valence-electron chi connectivity index (χ0n) is 12.8. The van der Waals surface area contributed by atoms with Gasteiger partial charge in [-0.3, -0.25) is 0 Å². The van der Waals surface area contributed by atoms with Crippen LogP contribution in [-0.4, -0.2) is 44.9 Å². The van der Waals surface area contributed by atoms with E-state index in [0.29, 0.717) is 19.8 Å². The molecule has 24 heavy (non-hydrogen) atoms. The van der Waals surface area contributed by atoms with E-state index in [2.05, 4.69) is 4.74 Å². The fraction of sp³-hybridized carbons (Fsp3) is 0.600. The Hall–Kier alpha value is -1.32. The lowest BCUT2D eigenvalue weighted by atomic mass is 10.1. The number of benzene rings is 1. The Morgan fingerprint density at radius 3 is 2.58 bits per heavy atom. The van der Waals surface area contributed by atoms with Crippen molar-refractivity contribution in [2.75, 3.05) is 19.8 Å². The van der Waals surface area contributed by atoms with Gasteiger partial charge < -0.3 is 9.47 Å². The zero-order valence-corrected chi connectivity index (χ0v) is 13.6. The van der Waals surface area contributed by atoms with Crippen LogP contribution in [0.1, 0.15) is 19.3 Å². The molecule has 1 aromatic carbocycles. The third kappa shape index (κ3) is 4.20. The van der Waals surface area contributed by atoms with E-state index in [0.717, 1.165) is 31.4 Å². The second-order valence-corrected chi connectivity index (χ2v) is 7.95. The number of hydrogen-bond donors (Lipinski definition) is 0. The minimum atomic E-state index is -4.86. The largest absolute Gasteiger partial charge is 0.573 e. The maximum absolute atomic E-state index is 12.9. The fourth-order valence-electron chi connectivity index (χ4n) is 2.75. The molecule has 1 aliphatic heterocycles. The molecule has 1 saturated heterocycles. The smallest absolute Gasteiger partial charge is 0.406 e. The maximum atomic E-state index is 12.9. The number of sulfonamides is 1. The molecule has 9 heteroatoms. The predicted molar refractivity (Wildman–Crippen MR) is 79.0 cm³/mol. The van der Waals surface area contributed by atoms with Crippen molar-refractivity contribution in [2.24, 2.45) is 5.92 Å². The van der Waals surface area contributed by atoms with Crippen molar-refractivity contribution >= 4 is 10.0 Å². The van der Waals surface area contributed by atoms with E-state index < -0.39 is 22.1 Å². The number of rotatable bonds is 6. The highest BCUT2D eigenvalue weighted by atomic mass is 32.2. The summed E-state index contributed by atoms with van der Waals surface area (Å²) in [6.07, 6.45) is -2.53. The van der Waals surface area contributed by atoms with Gasteiger partial charge in [-0.2, -0.15) is 4.31 Å². The molecule has 1 atom stereocenters. The first-order valence-electron chi connectivity index (χ1n) is 7.71. The number of alkyl halides is 3. The van der Waals surface area contributed by atoms with Crippen LogP contribution in [0.5, 0.6) is 5.75 Å². The molecule has 1 heterocycles. The van der Waals surface area contributed by atoms with Crippen LogP contribution in [0.15, 0.2) is 29.2 Å². The van der Waals surface area contributed by atoms with Gasteiger partial charge in [0.15, 0.2) is 0 Å². The second kappa shape index (κ2) is 6.53. The van der Waals surface area contributed by atoms with Crippen molar-refractivity contribution in [1.82, 2.24) is 4.31 Å². The molecule has 1 aromatic rings. The van der Waals surface area contributed by atoms with Gasteiger partial charge in [0.2, 0.25) is 10.0 Å². The molecule has 3 rings (SSSR count). The summed E-state index contributed by atoms with van der Waals surface area (Å²) in [7, 11) is -3.87. The number of hydrogen-bond acceptors (Lipinski definition) is 4. The van der Waals surface area contributed by atoms with Gasteiger partial charge in [0.05, 0.1) is 11.5 Å². The van der Waals surface area contributed by atoms with E-state index in [4.69, 9.17) is 4.74 Å². The van der Waals surface area contributed by atoms with E-state index in [-0.39, 0.29) is 16.9 Å². The van der Waals surface area contributed by atoms with Crippen LogP contribution < -0.4 is 4.74 Å². The van der Waals surface area contributed by atoms with Gasteiger partial charge in [0, 0.05) is 25.3 Å². The Morgan fingerprint density at radius 2 is 2.00 bits per heavy atom. The topological polar surface area (TPSA) is 55.8 Å². The lowest BCUT2D eigenvalue weighted by Gasteiger charge is -2.24. The summed E-state index contributed by atoms with van der Waals surface area (Å²) in [6.45, 7) is 1.45. The molecule has 1 aliphatic carbocycles. The molecule has 0 bridgehead atoms. The van der Waals surface area contributed by atoms with Gasteiger partial charge in [-0.25, -0.2) is 8.42 Å². The fourth-order valence-corrected chi connectivity index (χ4v) is 4.55. The first-order chi connectivity index (χ1) is 11.3. The first-order valence-corrected chi connectivity index (χ1v) is 9.15. The van der Waals surface area contributed by atoms with Crippen LogP contribution in [0.3, 0.4) is 0 Å². The Morgan fingerprint density at radius 1 is 1.25 bits per heavy atom. The van der Waals surface area contributed by atoms with Crippen molar-refractivity contribution in [3.8, 4) is 5.75 Å². The van der Waals surface area contributed by atoms with Crippen molar-refractivity contribution in [1.29, 1.82) is 0 Å². The first kappa shape index (κ1) is 17.5. The quantitative estimate of drug-likeness (QED) is 0.778.